The molecule has 0 aliphatic carbocycles. The number of nitrogens with one attached hydrogen (secondary N) is 1. The highest BCUT2D eigenvalue weighted by atomic mass is 16.5. The molecule has 1 saturated heterocycles. The quantitative estimate of drug-likeness (QED) is 0.746. The number of rotatable bonds is 5. The third kappa shape index (κ3) is 3.99. The first-order valence-electron chi connectivity index (χ1n) is 9.22. The fraction of sp³-hybridized carbons (Fsp3) is 0.350. The third-order valence-electron chi connectivity index (χ3n) is 4.72. The van der Waals surface area contributed by atoms with E-state index in [4.69, 9.17) is 4.74 Å². The van der Waals surface area contributed by atoms with Gasteiger partial charge in [0.2, 0.25) is 0 Å². The number of hydrogen-bond acceptors (Lipinski definition) is 5. The van der Waals surface area contributed by atoms with Crippen LogP contribution in [0, 0.1) is 6.92 Å². The zero-order chi connectivity index (χ0) is 18.6. The molecule has 0 atom stereocenters. The van der Waals surface area contributed by atoms with Crippen molar-refractivity contribution in [2.45, 2.75) is 6.92 Å². The smallest absolute Gasteiger partial charge is 0.270 e. The lowest BCUT2D eigenvalue weighted by atomic mass is 10.2. The zero-order valence-corrected chi connectivity index (χ0v) is 15.4. The second-order valence-electron chi connectivity index (χ2n) is 6.66. The van der Waals surface area contributed by atoms with E-state index >= 15 is 0 Å². The van der Waals surface area contributed by atoms with Crippen LogP contribution in [0.15, 0.2) is 42.5 Å². The van der Waals surface area contributed by atoms with Crippen molar-refractivity contribution in [1.29, 1.82) is 0 Å². The van der Waals surface area contributed by atoms with Crippen molar-refractivity contribution < 1.29 is 9.53 Å². The number of amides is 1. The number of hydrogen-bond donors (Lipinski definition) is 1. The summed E-state index contributed by atoms with van der Waals surface area (Å²) < 4.78 is 7.11. The van der Waals surface area contributed by atoms with Gasteiger partial charge in [-0.2, -0.15) is 5.10 Å². The van der Waals surface area contributed by atoms with Gasteiger partial charge in [0, 0.05) is 43.5 Å². The summed E-state index contributed by atoms with van der Waals surface area (Å²) >= 11 is 0. The van der Waals surface area contributed by atoms with Crippen LogP contribution in [0.5, 0.6) is 0 Å². The number of ether oxygens (including phenoxy) is 1. The molecule has 7 nitrogen and oxygen atoms in total. The van der Waals surface area contributed by atoms with E-state index in [1.54, 1.807) is 10.6 Å². The molecule has 0 radical (unpaired) electrons. The molecule has 0 saturated carbocycles. The maximum absolute atomic E-state index is 12.5. The van der Waals surface area contributed by atoms with Crippen molar-refractivity contribution in [3.8, 4) is 11.3 Å². The van der Waals surface area contributed by atoms with Gasteiger partial charge < -0.3 is 10.1 Å². The van der Waals surface area contributed by atoms with Crippen LogP contribution < -0.4 is 5.32 Å². The summed E-state index contributed by atoms with van der Waals surface area (Å²) in [5, 5.41) is 7.57. The van der Waals surface area contributed by atoms with E-state index in [2.05, 4.69) is 20.3 Å². The van der Waals surface area contributed by atoms with Crippen molar-refractivity contribution in [3.63, 3.8) is 0 Å². The first-order valence-corrected chi connectivity index (χ1v) is 9.22. The van der Waals surface area contributed by atoms with E-state index in [9.17, 15) is 4.79 Å². The molecule has 7 heteroatoms. The number of fused-ring (bicyclic) bond motifs is 1. The van der Waals surface area contributed by atoms with E-state index < -0.39 is 0 Å². The molecular weight excluding hydrogens is 342 g/mol. The largest absolute Gasteiger partial charge is 0.379 e. The van der Waals surface area contributed by atoms with E-state index in [0.717, 1.165) is 49.8 Å². The predicted molar refractivity (Wildman–Crippen MR) is 103 cm³/mol. The second-order valence-corrected chi connectivity index (χ2v) is 6.66. The number of carbonyl (C=O) groups is 1. The SMILES string of the molecule is Cc1cc(C(=O)NCCN2CCOCC2)nc2cc(-c3ccccc3)nn12. The van der Waals surface area contributed by atoms with Crippen molar-refractivity contribution >= 4 is 11.6 Å². The van der Waals surface area contributed by atoms with Crippen LogP contribution in [0.1, 0.15) is 16.2 Å². The monoisotopic (exact) mass is 365 g/mol. The minimum absolute atomic E-state index is 0.156. The highest BCUT2D eigenvalue weighted by Crippen LogP contribution is 2.19. The molecule has 3 aromatic rings. The summed E-state index contributed by atoms with van der Waals surface area (Å²) in [6.45, 7) is 6.70. The fourth-order valence-corrected chi connectivity index (χ4v) is 3.23. The average molecular weight is 365 g/mol. The topological polar surface area (TPSA) is 71.8 Å². The molecule has 1 aliphatic heterocycles. The normalized spacial score (nSPS) is 15.1. The van der Waals surface area contributed by atoms with Gasteiger partial charge in [0.15, 0.2) is 5.65 Å². The molecule has 1 N–H and O–H groups in total. The molecule has 140 valence electrons. The Labute approximate surface area is 158 Å². The van der Waals surface area contributed by atoms with Gasteiger partial charge in [-0.15, -0.1) is 0 Å². The molecule has 2 aromatic heterocycles. The van der Waals surface area contributed by atoms with Gasteiger partial charge in [-0.05, 0) is 13.0 Å². The fourth-order valence-electron chi connectivity index (χ4n) is 3.23. The summed E-state index contributed by atoms with van der Waals surface area (Å²) in [5.74, 6) is -0.156. The van der Waals surface area contributed by atoms with Crippen LogP contribution in [0.2, 0.25) is 0 Å². The Kier molecular flexibility index (Phi) is 5.13. The lowest BCUT2D eigenvalue weighted by Crippen LogP contribution is -2.41. The lowest BCUT2D eigenvalue weighted by Gasteiger charge is -2.26. The molecule has 4 rings (SSSR count). The van der Waals surface area contributed by atoms with Crippen molar-refractivity contribution in [3.05, 3.63) is 53.9 Å². The minimum atomic E-state index is -0.156. The summed E-state index contributed by atoms with van der Waals surface area (Å²) in [4.78, 5) is 19.3. The molecule has 0 spiro atoms. The third-order valence-corrected chi connectivity index (χ3v) is 4.72. The van der Waals surface area contributed by atoms with Gasteiger partial charge in [-0.25, -0.2) is 9.50 Å². The molecule has 0 bridgehead atoms. The van der Waals surface area contributed by atoms with Crippen molar-refractivity contribution in [1.82, 2.24) is 24.8 Å². The zero-order valence-electron chi connectivity index (χ0n) is 15.4. The van der Waals surface area contributed by atoms with Crippen molar-refractivity contribution in [2.75, 3.05) is 39.4 Å². The number of aromatic nitrogens is 3. The van der Waals surface area contributed by atoms with E-state index in [-0.39, 0.29) is 5.91 Å². The highest BCUT2D eigenvalue weighted by Gasteiger charge is 2.14. The number of aryl methyl sites for hydroxylation is 1. The molecule has 1 amide bonds. The van der Waals surface area contributed by atoms with Crippen LogP contribution in [-0.2, 0) is 4.74 Å². The lowest BCUT2D eigenvalue weighted by molar-refractivity contribution is 0.0383. The first-order chi connectivity index (χ1) is 13.2. The maximum Gasteiger partial charge on any atom is 0.270 e. The number of carbonyl (C=O) groups excluding carboxylic acids is 1. The molecule has 0 unspecified atom stereocenters. The summed E-state index contributed by atoms with van der Waals surface area (Å²) in [7, 11) is 0. The van der Waals surface area contributed by atoms with Gasteiger partial charge in [-0.3, -0.25) is 9.69 Å². The Balaban J connectivity index is 1.47. The van der Waals surface area contributed by atoms with Gasteiger partial charge in [0.05, 0.1) is 18.9 Å². The molecule has 27 heavy (non-hydrogen) atoms. The number of morpholine rings is 1. The molecule has 1 aromatic carbocycles. The first kappa shape index (κ1) is 17.6. The van der Waals surface area contributed by atoms with Crippen molar-refractivity contribution in [2.24, 2.45) is 0 Å². The van der Waals surface area contributed by atoms with E-state index in [1.165, 1.54) is 0 Å². The molecular formula is C20H23N5O2. The van der Waals surface area contributed by atoms with Crippen LogP contribution in [0.4, 0.5) is 0 Å². The predicted octanol–water partition coefficient (Wildman–Crippen LogP) is 1.77. The number of benzene rings is 1. The summed E-state index contributed by atoms with van der Waals surface area (Å²) in [6, 6.07) is 13.6. The Morgan fingerprint density at radius 1 is 1.19 bits per heavy atom. The van der Waals surface area contributed by atoms with Crippen LogP contribution in [0.3, 0.4) is 0 Å². The van der Waals surface area contributed by atoms with Gasteiger partial charge in [0.1, 0.15) is 5.69 Å². The van der Waals surface area contributed by atoms with Crippen LogP contribution in [-0.4, -0.2) is 64.8 Å². The van der Waals surface area contributed by atoms with Gasteiger partial charge in [0.25, 0.3) is 5.91 Å². The maximum atomic E-state index is 12.5. The van der Waals surface area contributed by atoms with Crippen LogP contribution >= 0.6 is 0 Å². The molecule has 1 fully saturated rings. The molecule has 3 heterocycles. The van der Waals surface area contributed by atoms with E-state index in [1.807, 2.05) is 43.3 Å². The molecule has 1 aliphatic rings. The highest BCUT2D eigenvalue weighted by molar-refractivity contribution is 5.92. The summed E-state index contributed by atoms with van der Waals surface area (Å²) in [6.07, 6.45) is 0. The van der Waals surface area contributed by atoms with Gasteiger partial charge >= 0.3 is 0 Å². The second kappa shape index (κ2) is 7.85. The Morgan fingerprint density at radius 3 is 2.74 bits per heavy atom. The van der Waals surface area contributed by atoms with Crippen LogP contribution in [0.25, 0.3) is 16.9 Å². The average Bonchev–Trinajstić information content (AvgIpc) is 3.14. The van der Waals surface area contributed by atoms with E-state index in [0.29, 0.717) is 17.9 Å². The minimum Gasteiger partial charge on any atom is -0.379 e. The Hall–Kier alpha value is -2.77. The standard InChI is InChI=1S/C20H23N5O2/c1-15-13-18(20(26)21-7-8-24-9-11-27-12-10-24)22-19-14-17(23-25(15)19)16-5-3-2-4-6-16/h2-6,13-14H,7-12H2,1H3,(H,21,26). The Morgan fingerprint density at radius 2 is 1.96 bits per heavy atom. The van der Waals surface area contributed by atoms with Gasteiger partial charge in [-0.1, -0.05) is 30.3 Å². The Bertz CT molecular complexity index is 932. The summed E-state index contributed by atoms with van der Waals surface area (Å²) in [5.41, 5.74) is 3.84. The number of nitrogens with zero attached hydrogens (tertiary/aromatic N) is 4.